The van der Waals surface area contributed by atoms with Crippen molar-refractivity contribution in [1.82, 2.24) is 5.32 Å². The Hall–Kier alpha value is -2.04. The third-order valence-electron chi connectivity index (χ3n) is 5.30. The lowest BCUT2D eigenvalue weighted by molar-refractivity contribution is -0.149. The van der Waals surface area contributed by atoms with Gasteiger partial charge >= 0.3 is 5.97 Å². The maximum atomic E-state index is 11.9. The van der Waals surface area contributed by atoms with Crippen molar-refractivity contribution in [3.63, 3.8) is 0 Å². The maximum absolute atomic E-state index is 11.9. The van der Waals surface area contributed by atoms with Crippen molar-refractivity contribution in [2.75, 3.05) is 13.7 Å². The van der Waals surface area contributed by atoms with Crippen LogP contribution in [0.25, 0.3) is 0 Å². The van der Waals surface area contributed by atoms with Crippen LogP contribution in [0.15, 0.2) is 24.3 Å². The molecule has 1 aromatic rings. The molecule has 1 aromatic carbocycles. The molecule has 5 nitrogen and oxygen atoms in total. The lowest BCUT2D eigenvalue weighted by Crippen LogP contribution is -2.29. The van der Waals surface area contributed by atoms with Crippen LogP contribution >= 0.6 is 0 Å². The quantitative estimate of drug-likeness (QED) is 0.780. The number of benzene rings is 1. The summed E-state index contributed by atoms with van der Waals surface area (Å²) in [6.07, 6.45) is 5.47. The summed E-state index contributed by atoms with van der Waals surface area (Å²) in [5, 5.41) is 2.75. The highest BCUT2D eigenvalue weighted by Gasteiger charge is 2.40. The number of nitrogens with one attached hydrogen (secondary N) is 1. The molecule has 2 fully saturated rings. The van der Waals surface area contributed by atoms with E-state index in [9.17, 15) is 9.59 Å². The number of hydrogen-bond donors (Lipinski definition) is 1. The minimum atomic E-state index is -0.279. The molecule has 130 valence electrons. The normalized spacial score (nSPS) is 24.6. The summed E-state index contributed by atoms with van der Waals surface area (Å²) in [6, 6.07) is 7.49. The minimum absolute atomic E-state index is 0.205. The molecule has 5 heteroatoms. The van der Waals surface area contributed by atoms with Crippen LogP contribution in [0.4, 0.5) is 0 Å². The summed E-state index contributed by atoms with van der Waals surface area (Å²) >= 11 is 0. The topological polar surface area (TPSA) is 64.6 Å². The summed E-state index contributed by atoms with van der Waals surface area (Å²) in [6.45, 7) is 0.184. The Morgan fingerprint density at radius 3 is 2.83 bits per heavy atom. The number of carbonyl (C=O) groups excluding carboxylic acids is 2. The van der Waals surface area contributed by atoms with Crippen LogP contribution < -0.4 is 10.1 Å². The first-order chi connectivity index (χ1) is 11.6. The average molecular weight is 331 g/mol. The van der Waals surface area contributed by atoms with E-state index in [0.29, 0.717) is 24.8 Å². The number of ether oxygens (including phenoxy) is 2. The van der Waals surface area contributed by atoms with Crippen molar-refractivity contribution < 1.29 is 19.1 Å². The van der Waals surface area contributed by atoms with E-state index in [1.54, 1.807) is 7.11 Å². The Morgan fingerprint density at radius 1 is 1.25 bits per heavy atom. The van der Waals surface area contributed by atoms with Crippen LogP contribution in [0.5, 0.6) is 5.75 Å². The van der Waals surface area contributed by atoms with Gasteiger partial charge in [-0.15, -0.1) is 0 Å². The monoisotopic (exact) mass is 331 g/mol. The summed E-state index contributed by atoms with van der Waals surface area (Å²) in [4.78, 5) is 23.7. The van der Waals surface area contributed by atoms with Gasteiger partial charge < -0.3 is 14.8 Å². The largest absolute Gasteiger partial charge is 0.497 e. The third kappa shape index (κ3) is 4.28. The Morgan fingerprint density at radius 2 is 2.12 bits per heavy atom. The Balaban J connectivity index is 1.35. The van der Waals surface area contributed by atoms with Gasteiger partial charge in [0, 0.05) is 13.0 Å². The summed E-state index contributed by atoms with van der Waals surface area (Å²) in [5.41, 5.74) is 0.941. The van der Waals surface area contributed by atoms with Gasteiger partial charge in [-0.25, -0.2) is 0 Å². The highest BCUT2D eigenvalue weighted by molar-refractivity contribution is 5.80. The van der Waals surface area contributed by atoms with Gasteiger partial charge in [0.25, 0.3) is 5.91 Å². The number of rotatable bonds is 7. The van der Waals surface area contributed by atoms with Gasteiger partial charge in [0.15, 0.2) is 6.61 Å². The third-order valence-corrected chi connectivity index (χ3v) is 5.30. The molecule has 0 heterocycles. The van der Waals surface area contributed by atoms with Crippen molar-refractivity contribution in [2.24, 2.45) is 17.8 Å². The lowest BCUT2D eigenvalue weighted by atomic mass is 9.86. The lowest BCUT2D eigenvalue weighted by Gasteiger charge is -2.20. The smallest absolute Gasteiger partial charge is 0.306 e. The maximum Gasteiger partial charge on any atom is 0.306 e. The van der Waals surface area contributed by atoms with Crippen LogP contribution in [0.3, 0.4) is 0 Å². The number of fused-ring (bicyclic) bond motifs is 2. The van der Waals surface area contributed by atoms with E-state index in [4.69, 9.17) is 9.47 Å². The molecule has 0 aromatic heterocycles. The van der Waals surface area contributed by atoms with Gasteiger partial charge in [-0.3, -0.25) is 9.59 Å². The molecule has 0 aliphatic heterocycles. The van der Waals surface area contributed by atoms with Crippen molar-refractivity contribution in [2.45, 2.75) is 38.6 Å². The number of methoxy groups -OCH3 is 1. The van der Waals surface area contributed by atoms with Gasteiger partial charge in [0.2, 0.25) is 0 Å². The first-order valence-corrected chi connectivity index (χ1v) is 8.69. The molecule has 2 aliphatic rings. The van der Waals surface area contributed by atoms with Crippen molar-refractivity contribution >= 4 is 11.9 Å². The van der Waals surface area contributed by atoms with Crippen LogP contribution in [-0.2, 0) is 20.9 Å². The molecule has 1 amide bonds. The molecule has 24 heavy (non-hydrogen) atoms. The Labute approximate surface area is 142 Å². The Bertz CT molecular complexity index is 601. The minimum Gasteiger partial charge on any atom is -0.497 e. The standard InChI is InChI=1S/C19H25NO4/c1-23-17-4-2-3-14(9-17)11-20-18(21)12-24-19(22)10-16-8-13-5-6-15(16)7-13/h2-4,9,13,15-16H,5-8,10-12H2,1H3,(H,20,21)/t13-,15-,16-/m1/s1. The molecule has 2 aliphatic carbocycles. The zero-order valence-corrected chi connectivity index (χ0v) is 14.1. The molecule has 2 saturated carbocycles. The summed E-state index contributed by atoms with van der Waals surface area (Å²) < 4.78 is 10.3. The van der Waals surface area contributed by atoms with Crippen LogP contribution in [0.2, 0.25) is 0 Å². The average Bonchev–Trinajstić information content (AvgIpc) is 3.21. The predicted molar refractivity (Wildman–Crippen MR) is 89.4 cm³/mol. The van der Waals surface area contributed by atoms with Gasteiger partial charge in [0.05, 0.1) is 7.11 Å². The zero-order chi connectivity index (χ0) is 16.9. The highest BCUT2D eigenvalue weighted by atomic mass is 16.5. The molecule has 0 saturated heterocycles. The van der Waals surface area contributed by atoms with Crippen LogP contribution in [0, 0.1) is 17.8 Å². The number of amides is 1. The second-order valence-electron chi connectivity index (χ2n) is 6.93. The van der Waals surface area contributed by atoms with Gasteiger partial charge in [0.1, 0.15) is 5.75 Å². The molecule has 0 unspecified atom stereocenters. The SMILES string of the molecule is COc1cccc(CNC(=O)COC(=O)C[C@H]2C[C@@H]3CC[C@@H]2C3)c1. The van der Waals surface area contributed by atoms with Gasteiger partial charge in [-0.2, -0.15) is 0 Å². The van der Waals surface area contributed by atoms with Crippen molar-refractivity contribution in [3.8, 4) is 5.75 Å². The predicted octanol–water partition coefficient (Wildman–Crippen LogP) is 2.68. The van der Waals surface area contributed by atoms with E-state index in [1.165, 1.54) is 19.3 Å². The van der Waals surface area contributed by atoms with E-state index in [1.807, 2.05) is 24.3 Å². The van der Waals surface area contributed by atoms with Crippen LogP contribution in [-0.4, -0.2) is 25.6 Å². The molecular weight excluding hydrogens is 306 g/mol. The van der Waals surface area contributed by atoms with E-state index in [-0.39, 0.29) is 18.5 Å². The molecule has 3 rings (SSSR count). The summed E-state index contributed by atoms with van der Waals surface area (Å²) in [7, 11) is 1.60. The summed E-state index contributed by atoms with van der Waals surface area (Å²) in [5.74, 6) is 2.21. The van der Waals surface area contributed by atoms with Gasteiger partial charge in [-0.05, 0) is 54.7 Å². The molecule has 1 N–H and O–H groups in total. The number of carbonyl (C=O) groups is 2. The number of hydrogen-bond acceptors (Lipinski definition) is 4. The van der Waals surface area contributed by atoms with E-state index in [0.717, 1.165) is 23.7 Å². The van der Waals surface area contributed by atoms with Crippen molar-refractivity contribution in [1.29, 1.82) is 0 Å². The fraction of sp³-hybridized carbons (Fsp3) is 0.579. The first kappa shape index (κ1) is 16.8. The molecule has 0 spiro atoms. The van der Waals surface area contributed by atoms with E-state index >= 15 is 0 Å². The van der Waals surface area contributed by atoms with Crippen molar-refractivity contribution in [3.05, 3.63) is 29.8 Å². The molecular formula is C19H25NO4. The molecule has 2 bridgehead atoms. The second-order valence-corrected chi connectivity index (χ2v) is 6.93. The molecule has 0 radical (unpaired) electrons. The number of esters is 1. The van der Waals surface area contributed by atoms with Crippen LogP contribution in [0.1, 0.15) is 37.7 Å². The Kier molecular flexibility index (Phi) is 5.38. The highest BCUT2D eigenvalue weighted by Crippen LogP contribution is 2.49. The first-order valence-electron chi connectivity index (χ1n) is 8.69. The fourth-order valence-corrected chi connectivity index (χ4v) is 4.08. The molecule has 3 atom stereocenters. The van der Waals surface area contributed by atoms with Gasteiger partial charge in [-0.1, -0.05) is 18.6 Å². The van der Waals surface area contributed by atoms with E-state index < -0.39 is 0 Å². The zero-order valence-electron chi connectivity index (χ0n) is 14.1. The second kappa shape index (κ2) is 7.69. The van der Waals surface area contributed by atoms with E-state index in [2.05, 4.69) is 5.32 Å². The fourth-order valence-electron chi connectivity index (χ4n) is 4.08.